The first-order valence-corrected chi connectivity index (χ1v) is 10.8. The predicted molar refractivity (Wildman–Crippen MR) is 105 cm³/mol. The molecule has 1 aliphatic carbocycles. The molecule has 2 heterocycles. The van der Waals surface area contributed by atoms with E-state index in [0.29, 0.717) is 28.5 Å². The van der Waals surface area contributed by atoms with Crippen LogP contribution in [0.3, 0.4) is 0 Å². The van der Waals surface area contributed by atoms with Gasteiger partial charge in [0.05, 0.1) is 10.8 Å². The quantitative estimate of drug-likeness (QED) is 0.557. The lowest BCUT2D eigenvalue weighted by Crippen LogP contribution is -2.21. The highest BCUT2D eigenvalue weighted by Crippen LogP contribution is 2.31. The first-order valence-electron chi connectivity index (χ1n) is 8.58. The normalized spacial score (nSPS) is 15.3. The van der Waals surface area contributed by atoms with Crippen molar-refractivity contribution in [1.29, 1.82) is 0 Å². The van der Waals surface area contributed by atoms with Gasteiger partial charge in [0.1, 0.15) is 0 Å². The standard InChI is InChI=1S/C17H18ClN5OS2/c18-13-9-5-4-8-12(13)15-20-14(24-23-15)10-25-17-22-21-16(26-17)19-11-6-2-1-3-7-11/h4-5,8-9,11H,1-3,6-7,10H2,(H,19,21). The fourth-order valence-corrected chi connectivity index (χ4v) is 4.82. The fourth-order valence-electron chi connectivity index (χ4n) is 2.94. The van der Waals surface area contributed by atoms with Crippen molar-refractivity contribution in [1.82, 2.24) is 20.3 Å². The monoisotopic (exact) mass is 407 g/mol. The van der Waals surface area contributed by atoms with Crippen molar-refractivity contribution in [2.24, 2.45) is 0 Å². The zero-order valence-corrected chi connectivity index (χ0v) is 16.4. The molecule has 3 aromatic rings. The summed E-state index contributed by atoms with van der Waals surface area (Å²) < 4.78 is 6.21. The summed E-state index contributed by atoms with van der Waals surface area (Å²) in [6.45, 7) is 0. The van der Waals surface area contributed by atoms with Crippen molar-refractivity contribution in [2.75, 3.05) is 5.32 Å². The Morgan fingerprint density at radius 1 is 1.19 bits per heavy atom. The molecule has 1 saturated carbocycles. The molecule has 9 heteroatoms. The molecular weight excluding hydrogens is 390 g/mol. The lowest BCUT2D eigenvalue weighted by Gasteiger charge is -2.21. The Kier molecular flexibility index (Phi) is 5.72. The van der Waals surface area contributed by atoms with Crippen LogP contribution in [0.1, 0.15) is 38.0 Å². The summed E-state index contributed by atoms with van der Waals surface area (Å²) in [6.07, 6.45) is 6.37. The number of nitrogens with one attached hydrogen (secondary N) is 1. The van der Waals surface area contributed by atoms with E-state index in [1.807, 2.05) is 24.3 Å². The molecule has 0 radical (unpaired) electrons. The van der Waals surface area contributed by atoms with Crippen molar-refractivity contribution >= 4 is 39.8 Å². The van der Waals surface area contributed by atoms with E-state index in [1.54, 1.807) is 23.1 Å². The van der Waals surface area contributed by atoms with Gasteiger partial charge in [0, 0.05) is 11.6 Å². The van der Waals surface area contributed by atoms with Gasteiger partial charge < -0.3 is 9.84 Å². The van der Waals surface area contributed by atoms with Crippen LogP contribution in [0.25, 0.3) is 11.4 Å². The highest BCUT2D eigenvalue weighted by molar-refractivity contribution is 8.00. The SMILES string of the molecule is Clc1ccccc1-c1noc(CSc2nnc(NC3CCCCC3)s2)n1. The Labute approximate surface area is 164 Å². The molecular formula is C17H18ClN5OS2. The summed E-state index contributed by atoms with van der Waals surface area (Å²) in [6, 6.07) is 7.98. The number of hydrogen-bond acceptors (Lipinski definition) is 8. The van der Waals surface area contributed by atoms with E-state index >= 15 is 0 Å². The molecule has 26 heavy (non-hydrogen) atoms. The van der Waals surface area contributed by atoms with Crippen LogP contribution in [0.15, 0.2) is 33.1 Å². The number of halogens is 1. The molecule has 1 N–H and O–H groups in total. The zero-order valence-electron chi connectivity index (χ0n) is 14.0. The van der Waals surface area contributed by atoms with Gasteiger partial charge in [0.2, 0.25) is 16.8 Å². The summed E-state index contributed by atoms with van der Waals surface area (Å²) in [4.78, 5) is 4.41. The van der Waals surface area contributed by atoms with Crippen LogP contribution in [0.2, 0.25) is 5.02 Å². The minimum Gasteiger partial charge on any atom is -0.357 e. The highest BCUT2D eigenvalue weighted by Gasteiger charge is 2.16. The predicted octanol–water partition coefficient (Wildman–Crippen LogP) is 5.28. The molecule has 0 atom stereocenters. The Hall–Kier alpha value is -1.64. The zero-order chi connectivity index (χ0) is 17.8. The molecule has 0 saturated heterocycles. The van der Waals surface area contributed by atoms with E-state index < -0.39 is 0 Å². The van der Waals surface area contributed by atoms with E-state index in [9.17, 15) is 0 Å². The number of anilines is 1. The molecule has 0 bridgehead atoms. The van der Waals surface area contributed by atoms with Gasteiger partial charge >= 0.3 is 0 Å². The van der Waals surface area contributed by atoms with E-state index in [4.69, 9.17) is 16.1 Å². The van der Waals surface area contributed by atoms with Gasteiger partial charge in [-0.1, -0.05) is 71.3 Å². The molecule has 0 amide bonds. The third kappa shape index (κ3) is 4.36. The number of hydrogen-bond donors (Lipinski definition) is 1. The Bertz CT molecular complexity index is 862. The Morgan fingerprint density at radius 3 is 2.88 bits per heavy atom. The summed E-state index contributed by atoms with van der Waals surface area (Å²) in [7, 11) is 0. The van der Waals surface area contributed by atoms with Crippen LogP contribution in [0.4, 0.5) is 5.13 Å². The first kappa shape index (κ1) is 17.8. The van der Waals surface area contributed by atoms with Gasteiger partial charge in [0.15, 0.2) is 4.34 Å². The number of aromatic nitrogens is 4. The summed E-state index contributed by atoms with van der Waals surface area (Å²) in [5, 5.41) is 17.5. The minimum absolute atomic E-state index is 0.503. The maximum Gasteiger partial charge on any atom is 0.237 e. The van der Waals surface area contributed by atoms with Crippen LogP contribution in [0.5, 0.6) is 0 Å². The Morgan fingerprint density at radius 2 is 2.04 bits per heavy atom. The number of nitrogens with zero attached hydrogens (tertiary/aromatic N) is 4. The molecule has 4 rings (SSSR count). The third-order valence-electron chi connectivity index (χ3n) is 4.24. The molecule has 0 unspecified atom stereocenters. The number of rotatable bonds is 6. The number of benzene rings is 1. The van der Waals surface area contributed by atoms with Gasteiger partial charge in [-0.25, -0.2) is 0 Å². The lowest BCUT2D eigenvalue weighted by molar-refractivity contribution is 0.391. The second kappa shape index (κ2) is 8.37. The highest BCUT2D eigenvalue weighted by atomic mass is 35.5. The topological polar surface area (TPSA) is 76.7 Å². The third-order valence-corrected chi connectivity index (χ3v) is 6.54. The van der Waals surface area contributed by atoms with E-state index in [-0.39, 0.29) is 0 Å². The smallest absolute Gasteiger partial charge is 0.237 e. The van der Waals surface area contributed by atoms with Crippen molar-refractivity contribution in [3.63, 3.8) is 0 Å². The second-order valence-electron chi connectivity index (χ2n) is 6.13. The largest absolute Gasteiger partial charge is 0.357 e. The maximum absolute atomic E-state index is 6.17. The fraction of sp³-hybridized carbons (Fsp3) is 0.412. The molecule has 6 nitrogen and oxygen atoms in total. The molecule has 2 aromatic heterocycles. The second-order valence-corrected chi connectivity index (χ2v) is 8.74. The average Bonchev–Trinajstić information content (AvgIpc) is 3.31. The average molecular weight is 408 g/mol. The van der Waals surface area contributed by atoms with Gasteiger partial charge in [0.25, 0.3) is 0 Å². The molecule has 136 valence electrons. The van der Waals surface area contributed by atoms with Gasteiger partial charge in [-0.3, -0.25) is 0 Å². The summed E-state index contributed by atoms with van der Waals surface area (Å²) in [5.41, 5.74) is 0.768. The van der Waals surface area contributed by atoms with Crippen LogP contribution in [-0.2, 0) is 5.75 Å². The molecule has 1 aromatic carbocycles. The minimum atomic E-state index is 0.503. The maximum atomic E-state index is 6.17. The van der Waals surface area contributed by atoms with Gasteiger partial charge in [-0.15, -0.1) is 10.2 Å². The van der Waals surface area contributed by atoms with Gasteiger partial charge in [-0.2, -0.15) is 4.98 Å². The van der Waals surface area contributed by atoms with E-state index in [1.165, 1.54) is 32.1 Å². The van der Waals surface area contributed by atoms with Crippen LogP contribution in [-0.4, -0.2) is 26.4 Å². The van der Waals surface area contributed by atoms with Gasteiger partial charge in [-0.05, 0) is 25.0 Å². The van der Waals surface area contributed by atoms with Crippen LogP contribution in [0, 0.1) is 0 Å². The first-order chi connectivity index (χ1) is 12.8. The molecule has 1 fully saturated rings. The van der Waals surface area contributed by atoms with Crippen molar-refractivity contribution in [3.8, 4) is 11.4 Å². The summed E-state index contributed by atoms with van der Waals surface area (Å²) in [5.74, 6) is 1.60. The van der Waals surface area contributed by atoms with Crippen LogP contribution >= 0.6 is 34.7 Å². The van der Waals surface area contributed by atoms with Crippen LogP contribution < -0.4 is 5.32 Å². The molecule has 0 aliphatic heterocycles. The number of thioether (sulfide) groups is 1. The lowest BCUT2D eigenvalue weighted by atomic mass is 9.96. The Balaban J connectivity index is 1.34. The van der Waals surface area contributed by atoms with Crippen molar-refractivity contribution in [2.45, 2.75) is 48.2 Å². The van der Waals surface area contributed by atoms with Crippen molar-refractivity contribution < 1.29 is 4.52 Å². The van der Waals surface area contributed by atoms with Crippen molar-refractivity contribution in [3.05, 3.63) is 35.2 Å². The van der Waals surface area contributed by atoms with E-state index in [2.05, 4.69) is 25.7 Å². The van der Waals surface area contributed by atoms with E-state index in [0.717, 1.165) is 15.0 Å². The molecule has 1 aliphatic rings. The summed E-state index contributed by atoms with van der Waals surface area (Å²) >= 11 is 9.29. The molecule has 0 spiro atoms.